The van der Waals surface area contributed by atoms with Gasteiger partial charge in [-0.3, -0.25) is 4.79 Å². The van der Waals surface area contributed by atoms with E-state index < -0.39 is 9.70 Å². The van der Waals surface area contributed by atoms with Crippen molar-refractivity contribution in [3.63, 3.8) is 0 Å². The van der Waals surface area contributed by atoms with Gasteiger partial charge >= 0.3 is 0 Å². The van der Waals surface area contributed by atoms with Gasteiger partial charge in [0, 0.05) is 12.1 Å². The molecule has 0 heterocycles. The summed E-state index contributed by atoms with van der Waals surface area (Å²) in [5, 5.41) is 2.70. The first-order chi connectivity index (χ1) is 12.8. The van der Waals surface area contributed by atoms with Crippen LogP contribution in [0.5, 0.6) is 5.75 Å². The smallest absolute Gasteiger partial charge is 0.272 e. The summed E-state index contributed by atoms with van der Waals surface area (Å²) in [5.74, 6) is 0.271. The number of benzene rings is 1. The van der Waals surface area contributed by atoms with Gasteiger partial charge in [0.15, 0.2) is 0 Å². The van der Waals surface area contributed by atoms with E-state index in [-0.39, 0.29) is 6.54 Å². The van der Waals surface area contributed by atoms with Crippen LogP contribution in [-0.2, 0) is 24.2 Å². The molecule has 1 rings (SSSR count). The molecular formula is C21H32Cl3NO2. The first-order valence-electron chi connectivity index (χ1n) is 9.96. The number of halogens is 3. The highest BCUT2D eigenvalue weighted by atomic mass is 35.6. The largest absolute Gasteiger partial charge is 0.493 e. The summed E-state index contributed by atoms with van der Waals surface area (Å²) in [4.78, 5) is 11.9. The van der Waals surface area contributed by atoms with Crippen LogP contribution >= 0.6 is 34.8 Å². The molecule has 0 bridgehead atoms. The molecule has 0 unspecified atom stereocenters. The maximum atomic E-state index is 11.9. The van der Waals surface area contributed by atoms with Crippen LogP contribution in [0, 0.1) is 0 Å². The van der Waals surface area contributed by atoms with Gasteiger partial charge in [-0.2, -0.15) is 0 Å². The van der Waals surface area contributed by atoms with E-state index in [4.69, 9.17) is 39.5 Å². The van der Waals surface area contributed by atoms with Gasteiger partial charge in [-0.25, -0.2) is 0 Å². The van der Waals surface area contributed by atoms with Crippen molar-refractivity contribution in [1.29, 1.82) is 0 Å². The molecule has 0 atom stereocenters. The summed E-state index contributed by atoms with van der Waals surface area (Å²) in [6, 6.07) is 4.19. The highest BCUT2D eigenvalue weighted by Crippen LogP contribution is 2.32. The van der Waals surface area contributed by atoms with E-state index in [1.54, 1.807) is 0 Å². The van der Waals surface area contributed by atoms with Gasteiger partial charge in [0.2, 0.25) is 0 Å². The number of nitrogens with one attached hydrogen (secondary N) is 1. The molecule has 1 aromatic rings. The van der Waals surface area contributed by atoms with Crippen molar-refractivity contribution in [1.82, 2.24) is 5.32 Å². The summed E-state index contributed by atoms with van der Waals surface area (Å²) in [6.45, 7) is 7.47. The first-order valence-corrected chi connectivity index (χ1v) is 11.1. The molecule has 0 radical (unpaired) electrons. The number of ether oxygens (including phenoxy) is 1. The van der Waals surface area contributed by atoms with Crippen LogP contribution in [0.1, 0.15) is 76.0 Å². The first kappa shape index (κ1) is 24.4. The number of carbonyl (C=O) groups is 1. The number of unbranched alkanes of at least 4 members (excludes halogenated alkanes) is 3. The Labute approximate surface area is 179 Å². The predicted molar refractivity (Wildman–Crippen MR) is 116 cm³/mol. The zero-order valence-corrected chi connectivity index (χ0v) is 18.9. The fraction of sp³-hybridized carbons (Fsp3) is 0.667. The van der Waals surface area contributed by atoms with E-state index in [1.165, 1.54) is 11.1 Å². The number of rotatable bonds is 12. The average Bonchev–Trinajstić information content (AvgIpc) is 2.63. The zero-order valence-electron chi connectivity index (χ0n) is 16.7. The SMILES string of the molecule is CCCCOc1c(CNC(=O)C(Cl)(Cl)Cl)ccc(CCCC)c1CCCC. The van der Waals surface area contributed by atoms with E-state index in [1.807, 2.05) is 6.07 Å². The van der Waals surface area contributed by atoms with Crippen molar-refractivity contribution in [2.24, 2.45) is 0 Å². The van der Waals surface area contributed by atoms with Crippen molar-refractivity contribution in [2.45, 2.75) is 82.5 Å². The van der Waals surface area contributed by atoms with Gasteiger partial charge in [-0.15, -0.1) is 0 Å². The van der Waals surface area contributed by atoms with Crippen molar-refractivity contribution in [3.8, 4) is 5.75 Å². The molecule has 154 valence electrons. The van der Waals surface area contributed by atoms with Crippen LogP contribution in [-0.4, -0.2) is 16.3 Å². The molecule has 0 aromatic heterocycles. The van der Waals surface area contributed by atoms with E-state index in [9.17, 15) is 4.79 Å². The molecule has 6 heteroatoms. The number of aryl methyl sites for hydroxylation is 1. The van der Waals surface area contributed by atoms with Gasteiger partial charge in [-0.1, -0.05) is 87.0 Å². The predicted octanol–water partition coefficient (Wildman–Crippen LogP) is 6.54. The number of amides is 1. The Hall–Kier alpha value is -0.640. The molecule has 0 saturated heterocycles. The minimum atomic E-state index is -1.96. The third kappa shape index (κ3) is 8.50. The maximum Gasteiger partial charge on any atom is 0.272 e. The van der Waals surface area contributed by atoms with Gasteiger partial charge < -0.3 is 10.1 Å². The quantitative estimate of drug-likeness (QED) is 0.298. The van der Waals surface area contributed by atoms with Gasteiger partial charge in [-0.05, 0) is 43.2 Å². The third-order valence-electron chi connectivity index (χ3n) is 4.46. The van der Waals surface area contributed by atoms with Gasteiger partial charge in [0.05, 0.1) is 6.61 Å². The second-order valence-electron chi connectivity index (χ2n) is 6.78. The van der Waals surface area contributed by atoms with Crippen molar-refractivity contribution in [2.75, 3.05) is 6.61 Å². The summed E-state index contributed by atoms with van der Waals surface area (Å²) in [7, 11) is 0. The third-order valence-corrected chi connectivity index (χ3v) is 4.98. The molecule has 27 heavy (non-hydrogen) atoms. The Balaban J connectivity index is 3.15. The van der Waals surface area contributed by atoms with E-state index >= 15 is 0 Å². The number of alkyl halides is 3. The Morgan fingerprint density at radius 1 is 0.963 bits per heavy atom. The second-order valence-corrected chi connectivity index (χ2v) is 9.06. The Morgan fingerprint density at radius 3 is 2.15 bits per heavy atom. The van der Waals surface area contributed by atoms with Crippen molar-refractivity contribution in [3.05, 3.63) is 28.8 Å². The Kier molecular flexibility index (Phi) is 11.5. The molecule has 1 amide bonds. The number of carbonyl (C=O) groups excluding carboxylic acids is 1. The van der Waals surface area contributed by atoms with E-state index in [0.717, 1.165) is 62.7 Å². The average molecular weight is 437 g/mol. The van der Waals surface area contributed by atoms with Crippen LogP contribution in [0.15, 0.2) is 12.1 Å². The molecule has 3 nitrogen and oxygen atoms in total. The lowest BCUT2D eigenvalue weighted by molar-refractivity contribution is -0.120. The molecule has 0 fully saturated rings. The minimum Gasteiger partial charge on any atom is -0.493 e. The lowest BCUT2D eigenvalue weighted by Crippen LogP contribution is -2.34. The summed E-state index contributed by atoms with van der Waals surface area (Å²) in [6.07, 6.45) is 8.61. The molecular weight excluding hydrogens is 405 g/mol. The van der Waals surface area contributed by atoms with E-state index in [2.05, 4.69) is 32.2 Å². The monoisotopic (exact) mass is 435 g/mol. The molecule has 0 aliphatic heterocycles. The molecule has 0 aliphatic rings. The lowest BCUT2D eigenvalue weighted by atomic mass is 9.94. The minimum absolute atomic E-state index is 0.279. The highest BCUT2D eigenvalue weighted by Gasteiger charge is 2.30. The summed E-state index contributed by atoms with van der Waals surface area (Å²) >= 11 is 17.0. The van der Waals surface area contributed by atoms with E-state index in [0.29, 0.717) is 6.61 Å². The number of hydrogen-bond donors (Lipinski definition) is 1. The van der Waals surface area contributed by atoms with Crippen molar-refractivity contribution < 1.29 is 9.53 Å². The van der Waals surface area contributed by atoms with Crippen LogP contribution in [0.2, 0.25) is 0 Å². The Bertz CT molecular complexity index is 586. The van der Waals surface area contributed by atoms with Gasteiger partial charge in [0.1, 0.15) is 5.75 Å². The summed E-state index contributed by atoms with van der Waals surface area (Å²) in [5.41, 5.74) is 3.54. The number of hydrogen-bond acceptors (Lipinski definition) is 2. The fourth-order valence-electron chi connectivity index (χ4n) is 2.86. The van der Waals surface area contributed by atoms with Crippen molar-refractivity contribution >= 4 is 40.7 Å². The maximum absolute atomic E-state index is 11.9. The lowest BCUT2D eigenvalue weighted by Gasteiger charge is -2.20. The molecule has 1 N–H and O–H groups in total. The Morgan fingerprint density at radius 2 is 1.56 bits per heavy atom. The molecule has 0 spiro atoms. The fourth-order valence-corrected chi connectivity index (χ4v) is 3.06. The molecule has 0 aliphatic carbocycles. The normalized spacial score (nSPS) is 11.5. The topological polar surface area (TPSA) is 38.3 Å². The zero-order chi connectivity index (χ0) is 20.3. The molecule has 1 aromatic carbocycles. The van der Waals surface area contributed by atoms with Crippen LogP contribution in [0.4, 0.5) is 0 Å². The van der Waals surface area contributed by atoms with Crippen LogP contribution in [0.25, 0.3) is 0 Å². The molecule has 0 saturated carbocycles. The summed E-state index contributed by atoms with van der Waals surface area (Å²) < 4.78 is 4.23. The van der Waals surface area contributed by atoms with Crippen LogP contribution < -0.4 is 10.1 Å². The highest BCUT2D eigenvalue weighted by molar-refractivity contribution is 6.76. The van der Waals surface area contributed by atoms with Gasteiger partial charge in [0.25, 0.3) is 9.70 Å². The van der Waals surface area contributed by atoms with Crippen LogP contribution in [0.3, 0.4) is 0 Å². The second kappa shape index (κ2) is 12.7. The standard InChI is InChI=1S/C21H32Cl3NO2/c1-4-7-10-16-12-13-17(15-25-20(26)21(22,23)24)19(27-14-9-6-3)18(16)11-8-5-2/h12-13H,4-11,14-15H2,1-3H3,(H,25,26).